The SMILES string of the molecule is CC(C)(C)OC(=O)NC1(c2ccc(-c3cccc(-c4ccc5c(c4)C(C)(C)CCC5(C)C)n3)cc2)CCC1. The summed E-state index contributed by atoms with van der Waals surface area (Å²) >= 11 is 0. The van der Waals surface area contributed by atoms with Crippen molar-refractivity contribution in [2.24, 2.45) is 0 Å². The summed E-state index contributed by atoms with van der Waals surface area (Å²) in [5.74, 6) is 0. The van der Waals surface area contributed by atoms with E-state index in [0.717, 1.165) is 41.8 Å². The quantitative estimate of drug-likeness (QED) is 0.382. The third-order valence-corrected chi connectivity index (χ3v) is 8.58. The molecule has 0 saturated heterocycles. The lowest BCUT2D eigenvalue weighted by molar-refractivity contribution is 0.0377. The monoisotopic (exact) mass is 510 g/mol. The molecule has 1 saturated carbocycles. The second-order valence-corrected chi connectivity index (χ2v) is 13.6. The van der Waals surface area contributed by atoms with Crippen molar-refractivity contribution in [3.63, 3.8) is 0 Å². The third-order valence-electron chi connectivity index (χ3n) is 8.58. The van der Waals surface area contributed by atoms with Gasteiger partial charge in [-0.15, -0.1) is 0 Å². The number of amides is 1. The molecule has 0 radical (unpaired) electrons. The van der Waals surface area contributed by atoms with Gasteiger partial charge in [0.15, 0.2) is 0 Å². The van der Waals surface area contributed by atoms with E-state index in [1.807, 2.05) is 20.8 Å². The van der Waals surface area contributed by atoms with E-state index in [0.29, 0.717) is 0 Å². The molecule has 4 nitrogen and oxygen atoms in total. The number of aromatic nitrogens is 1. The molecule has 2 aliphatic rings. The number of ether oxygens (including phenoxy) is 1. The number of nitrogens with zero attached hydrogens (tertiary/aromatic N) is 1. The number of hydrogen-bond acceptors (Lipinski definition) is 3. The summed E-state index contributed by atoms with van der Waals surface area (Å²) in [6.45, 7) is 15.1. The maximum atomic E-state index is 12.5. The summed E-state index contributed by atoms with van der Waals surface area (Å²) in [7, 11) is 0. The van der Waals surface area contributed by atoms with Crippen molar-refractivity contribution in [1.82, 2.24) is 10.3 Å². The number of benzene rings is 2. The zero-order chi connectivity index (χ0) is 27.3. The van der Waals surface area contributed by atoms with E-state index in [-0.39, 0.29) is 22.5 Å². The van der Waals surface area contributed by atoms with Crippen LogP contribution >= 0.6 is 0 Å². The van der Waals surface area contributed by atoms with Crippen molar-refractivity contribution in [3.8, 4) is 22.5 Å². The molecular formula is C34H42N2O2. The van der Waals surface area contributed by atoms with Crippen LogP contribution in [0.4, 0.5) is 4.79 Å². The molecule has 1 amide bonds. The van der Waals surface area contributed by atoms with E-state index in [9.17, 15) is 4.79 Å². The Balaban J connectivity index is 1.40. The molecule has 1 fully saturated rings. The number of alkyl carbamates (subject to hydrolysis) is 1. The predicted molar refractivity (Wildman–Crippen MR) is 155 cm³/mol. The average molecular weight is 511 g/mol. The highest BCUT2D eigenvalue weighted by atomic mass is 16.6. The highest BCUT2D eigenvalue weighted by molar-refractivity contribution is 5.70. The molecule has 5 rings (SSSR count). The van der Waals surface area contributed by atoms with Gasteiger partial charge in [0.2, 0.25) is 0 Å². The molecule has 2 aliphatic carbocycles. The summed E-state index contributed by atoms with van der Waals surface area (Å²) in [5.41, 5.74) is 7.73. The lowest BCUT2D eigenvalue weighted by atomic mass is 9.63. The van der Waals surface area contributed by atoms with E-state index in [1.165, 1.54) is 29.5 Å². The molecule has 1 N–H and O–H groups in total. The van der Waals surface area contributed by atoms with Gasteiger partial charge in [0, 0.05) is 11.1 Å². The molecule has 4 heteroatoms. The number of pyridine rings is 1. The zero-order valence-corrected chi connectivity index (χ0v) is 24.1. The van der Waals surface area contributed by atoms with Crippen molar-refractivity contribution >= 4 is 6.09 Å². The largest absolute Gasteiger partial charge is 0.444 e. The van der Waals surface area contributed by atoms with Gasteiger partial charge in [-0.25, -0.2) is 9.78 Å². The molecule has 200 valence electrons. The van der Waals surface area contributed by atoms with Crippen LogP contribution in [0.2, 0.25) is 0 Å². The highest BCUT2D eigenvalue weighted by Gasteiger charge is 2.41. The fourth-order valence-corrected chi connectivity index (χ4v) is 5.98. The van der Waals surface area contributed by atoms with Crippen LogP contribution in [0.25, 0.3) is 22.5 Å². The normalized spacial score (nSPS) is 19.1. The Morgan fingerprint density at radius 1 is 0.789 bits per heavy atom. The van der Waals surface area contributed by atoms with Crippen LogP contribution in [0.1, 0.15) is 97.3 Å². The number of rotatable bonds is 4. The van der Waals surface area contributed by atoms with Crippen molar-refractivity contribution < 1.29 is 9.53 Å². The van der Waals surface area contributed by atoms with Crippen LogP contribution in [-0.4, -0.2) is 16.7 Å². The van der Waals surface area contributed by atoms with E-state index < -0.39 is 5.60 Å². The van der Waals surface area contributed by atoms with Crippen molar-refractivity contribution in [2.75, 3.05) is 0 Å². The second kappa shape index (κ2) is 9.25. The zero-order valence-electron chi connectivity index (χ0n) is 24.1. The minimum absolute atomic E-state index is 0.166. The molecule has 1 aromatic heterocycles. The molecular weight excluding hydrogens is 468 g/mol. The first-order valence-corrected chi connectivity index (χ1v) is 14.0. The number of nitrogens with one attached hydrogen (secondary N) is 1. The molecule has 0 spiro atoms. The van der Waals surface area contributed by atoms with E-state index >= 15 is 0 Å². The fourth-order valence-electron chi connectivity index (χ4n) is 5.98. The smallest absolute Gasteiger partial charge is 0.408 e. The Labute approximate surface area is 228 Å². The Bertz CT molecular complexity index is 1340. The number of fused-ring (bicyclic) bond motifs is 1. The van der Waals surface area contributed by atoms with E-state index in [1.54, 1.807) is 0 Å². The van der Waals surface area contributed by atoms with Crippen molar-refractivity contribution in [3.05, 3.63) is 77.4 Å². The Morgan fingerprint density at radius 2 is 1.37 bits per heavy atom. The van der Waals surface area contributed by atoms with Crippen LogP contribution in [0.3, 0.4) is 0 Å². The predicted octanol–water partition coefficient (Wildman–Crippen LogP) is 8.67. The summed E-state index contributed by atoms with van der Waals surface area (Å²) in [6.07, 6.45) is 4.99. The van der Waals surface area contributed by atoms with Gasteiger partial charge in [-0.1, -0.05) is 70.2 Å². The number of carbonyl (C=O) groups is 1. The van der Waals surface area contributed by atoms with Gasteiger partial charge in [-0.3, -0.25) is 0 Å². The third kappa shape index (κ3) is 5.10. The maximum Gasteiger partial charge on any atom is 0.408 e. The van der Waals surface area contributed by atoms with Crippen molar-refractivity contribution in [1.29, 1.82) is 0 Å². The Kier molecular flexibility index (Phi) is 6.44. The molecule has 1 heterocycles. The fraction of sp³-hybridized carbons (Fsp3) is 0.471. The first-order valence-electron chi connectivity index (χ1n) is 14.0. The Morgan fingerprint density at radius 3 is 1.95 bits per heavy atom. The molecule has 3 aromatic rings. The van der Waals surface area contributed by atoms with Crippen molar-refractivity contribution in [2.45, 2.75) is 103 Å². The lowest BCUT2D eigenvalue weighted by Crippen LogP contribution is -2.52. The summed E-state index contributed by atoms with van der Waals surface area (Å²) in [4.78, 5) is 17.6. The summed E-state index contributed by atoms with van der Waals surface area (Å²) in [6, 6.07) is 21.7. The lowest BCUT2D eigenvalue weighted by Gasteiger charge is -2.43. The molecule has 2 aromatic carbocycles. The van der Waals surface area contributed by atoms with Gasteiger partial charge < -0.3 is 10.1 Å². The second-order valence-electron chi connectivity index (χ2n) is 13.6. The van der Waals surface area contributed by atoms with E-state index in [2.05, 4.69) is 93.7 Å². The van der Waals surface area contributed by atoms with Gasteiger partial charge in [-0.05, 0) is 98.6 Å². The standard InChI is InChI=1S/C34H42N2O2/c1-31(2,3)38-30(37)36-34(18-9-19-34)25-15-12-23(13-16-25)28-10-8-11-29(35-28)24-14-17-26-27(22-24)33(6,7)21-20-32(26,4)5/h8,10-17,22H,9,18-21H2,1-7H3,(H,36,37). The molecule has 0 bridgehead atoms. The average Bonchev–Trinajstić information content (AvgIpc) is 2.83. The van der Waals surface area contributed by atoms with Gasteiger partial charge in [0.1, 0.15) is 5.60 Å². The van der Waals surface area contributed by atoms with Crippen LogP contribution in [0.15, 0.2) is 60.7 Å². The van der Waals surface area contributed by atoms with Crippen LogP contribution in [-0.2, 0) is 21.1 Å². The van der Waals surface area contributed by atoms with Gasteiger partial charge in [0.05, 0.1) is 16.9 Å². The highest BCUT2D eigenvalue weighted by Crippen LogP contribution is 2.47. The first-order chi connectivity index (χ1) is 17.8. The number of carbonyl (C=O) groups excluding carboxylic acids is 1. The molecule has 0 atom stereocenters. The molecule has 0 unspecified atom stereocenters. The van der Waals surface area contributed by atoms with Gasteiger partial charge >= 0.3 is 6.09 Å². The van der Waals surface area contributed by atoms with Crippen LogP contribution in [0, 0.1) is 0 Å². The van der Waals surface area contributed by atoms with Gasteiger partial charge in [-0.2, -0.15) is 0 Å². The topological polar surface area (TPSA) is 51.2 Å². The van der Waals surface area contributed by atoms with Gasteiger partial charge in [0.25, 0.3) is 0 Å². The first kappa shape index (κ1) is 26.5. The molecule has 0 aliphatic heterocycles. The maximum absolute atomic E-state index is 12.5. The summed E-state index contributed by atoms with van der Waals surface area (Å²) in [5, 5.41) is 3.15. The summed E-state index contributed by atoms with van der Waals surface area (Å²) < 4.78 is 5.54. The Hall–Kier alpha value is -3.14. The van der Waals surface area contributed by atoms with Crippen LogP contribution < -0.4 is 5.32 Å². The molecule has 38 heavy (non-hydrogen) atoms. The van der Waals surface area contributed by atoms with Crippen LogP contribution in [0.5, 0.6) is 0 Å². The van der Waals surface area contributed by atoms with E-state index in [4.69, 9.17) is 9.72 Å². The minimum Gasteiger partial charge on any atom is -0.444 e. The number of hydrogen-bond donors (Lipinski definition) is 1. The minimum atomic E-state index is -0.514.